The molecule has 27 heavy (non-hydrogen) atoms. The molecule has 0 bridgehead atoms. The van der Waals surface area contributed by atoms with E-state index in [9.17, 15) is 18.0 Å². The van der Waals surface area contributed by atoms with Gasteiger partial charge in [-0.05, 0) is 49.6 Å². The van der Waals surface area contributed by atoms with Crippen molar-refractivity contribution in [2.75, 3.05) is 5.32 Å². The number of imidazole rings is 1. The second-order valence-corrected chi connectivity index (χ2v) is 6.77. The van der Waals surface area contributed by atoms with Gasteiger partial charge in [-0.1, -0.05) is 24.6 Å². The van der Waals surface area contributed by atoms with Crippen LogP contribution in [0, 0.1) is 13.8 Å². The van der Waals surface area contributed by atoms with Crippen molar-refractivity contribution in [2.45, 2.75) is 33.4 Å². The Hall–Kier alpha value is -2.54. The summed E-state index contributed by atoms with van der Waals surface area (Å²) in [6.07, 6.45) is -3.37. The summed E-state index contributed by atoms with van der Waals surface area (Å²) in [6.45, 7) is 5.56. The first kappa shape index (κ1) is 19.2. The highest BCUT2D eigenvalue weighted by atomic mass is 35.5. The minimum atomic E-state index is -4.59. The van der Waals surface area contributed by atoms with E-state index < -0.39 is 17.6 Å². The maximum Gasteiger partial charge on any atom is 0.417 e. The average Bonchev–Trinajstić information content (AvgIpc) is 2.92. The Balaban J connectivity index is 2.13. The van der Waals surface area contributed by atoms with Crippen molar-refractivity contribution in [3.63, 3.8) is 0 Å². The predicted octanol–water partition coefficient (Wildman–Crippen LogP) is 5.44. The number of hydrogen-bond acceptors (Lipinski definition) is 2. The molecule has 2 heterocycles. The lowest BCUT2D eigenvalue weighted by molar-refractivity contribution is -0.137. The predicted molar refractivity (Wildman–Crippen MR) is 98.5 cm³/mol. The number of benzene rings is 1. The van der Waals surface area contributed by atoms with E-state index in [4.69, 9.17) is 11.6 Å². The summed E-state index contributed by atoms with van der Waals surface area (Å²) in [5.41, 5.74) is 2.07. The third-order valence-corrected chi connectivity index (χ3v) is 4.38. The molecule has 8 heteroatoms. The van der Waals surface area contributed by atoms with Gasteiger partial charge in [0, 0.05) is 11.9 Å². The Bertz CT molecular complexity index is 1020. The summed E-state index contributed by atoms with van der Waals surface area (Å²) in [5.74, 6) is -0.542. The SMILES string of the molecule is CCc1nc2c(Cl)cc(C(F)(F)F)cn2c1C(=O)Nc1cc(C)cc(C)c1. The molecule has 0 saturated heterocycles. The maximum atomic E-state index is 13.2. The van der Waals surface area contributed by atoms with Gasteiger partial charge in [0.2, 0.25) is 0 Å². The van der Waals surface area contributed by atoms with Crippen LogP contribution in [-0.4, -0.2) is 15.3 Å². The third-order valence-electron chi connectivity index (χ3n) is 4.10. The molecule has 1 amide bonds. The van der Waals surface area contributed by atoms with E-state index in [1.807, 2.05) is 19.9 Å². The van der Waals surface area contributed by atoms with Crippen molar-refractivity contribution in [3.05, 3.63) is 63.6 Å². The molecule has 3 rings (SSSR count). The van der Waals surface area contributed by atoms with Gasteiger partial charge in [-0.15, -0.1) is 0 Å². The van der Waals surface area contributed by atoms with Gasteiger partial charge in [0.25, 0.3) is 5.91 Å². The number of carbonyl (C=O) groups is 1. The number of aryl methyl sites for hydroxylation is 3. The second kappa shape index (κ2) is 6.88. The van der Waals surface area contributed by atoms with Crippen LogP contribution in [0.5, 0.6) is 0 Å². The first-order valence-corrected chi connectivity index (χ1v) is 8.65. The Morgan fingerprint density at radius 2 is 1.81 bits per heavy atom. The molecule has 2 aromatic heterocycles. The van der Waals surface area contributed by atoms with Crippen molar-refractivity contribution in [1.29, 1.82) is 0 Å². The van der Waals surface area contributed by atoms with E-state index in [1.165, 1.54) is 0 Å². The number of hydrogen-bond donors (Lipinski definition) is 1. The number of carbonyl (C=O) groups excluding carboxylic acids is 1. The number of halogens is 4. The van der Waals surface area contributed by atoms with Crippen LogP contribution in [0.4, 0.5) is 18.9 Å². The second-order valence-electron chi connectivity index (χ2n) is 6.36. The summed E-state index contributed by atoms with van der Waals surface area (Å²) < 4.78 is 40.6. The van der Waals surface area contributed by atoms with Gasteiger partial charge in [0.05, 0.1) is 16.3 Å². The number of fused-ring (bicyclic) bond motifs is 1. The van der Waals surface area contributed by atoms with Crippen molar-refractivity contribution in [1.82, 2.24) is 9.38 Å². The third kappa shape index (κ3) is 3.78. The van der Waals surface area contributed by atoms with Gasteiger partial charge in [-0.3, -0.25) is 9.20 Å². The van der Waals surface area contributed by atoms with Crippen molar-refractivity contribution in [3.8, 4) is 0 Å². The number of nitrogens with one attached hydrogen (secondary N) is 1. The van der Waals surface area contributed by atoms with E-state index in [1.54, 1.807) is 19.1 Å². The molecule has 0 aliphatic rings. The molecule has 0 aliphatic heterocycles. The van der Waals surface area contributed by atoms with Gasteiger partial charge in [-0.2, -0.15) is 13.2 Å². The standard InChI is InChI=1S/C19H17ClF3N3O/c1-4-15-16(18(27)24-13-6-10(2)5-11(3)7-13)26-9-12(19(21,22)23)8-14(20)17(26)25-15/h5-9H,4H2,1-3H3,(H,24,27). The van der Waals surface area contributed by atoms with Crippen LogP contribution in [0.25, 0.3) is 5.65 Å². The van der Waals surface area contributed by atoms with Crippen LogP contribution in [0.2, 0.25) is 5.02 Å². The van der Waals surface area contributed by atoms with Crippen LogP contribution < -0.4 is 5.32 Å². The largest absolute Gasteiger partial charge is 0.417 e. The van der Waals surface area contributed by atoms with E-state index in [0.717, 1.165) is 27.8 Å². The number of rotatable bonds is 3. The monoisotopic (exact) mass is 395 g/mol. The highest BCUT2D eigenvalue weighted by molar-refractivity contribution is 6.33. The average molecular weight is 396 g/mol. The Labute approximate surface area is 159 Å². The maximum absolute atomic E-state index is 13.2. The fraction of sp³-hybridized carbons (Fsp3) is 0.263. The molecule has 1 N–H and O–H groups in total. The van der Waals surface area contributed by atoms with Gasteiger partial charge in [0.15, 0.2) is 5.65 Å². The first-order chi connectivity index (χ1) is 12.6. The molecule has 142 valence electrons. The lowest BCUT2D eigenvalue weighted by atomic mass is 10.1. The number of amides is 1. The van der Waals surface area contributed by atoms with Crippen LogP contribution in [0.1, 0.15) is 39.8 Å². The normalized spacial score (nSPS) is 11.8. The fourth-order valence-corrected chi connectivity index (χ4v) is 3.28. The molecular weight excluding hydrogens is 379 g/mol. The number of alkyl halides is 3. The summed E-state index contributed by atoms with van der Waals surface area (Å²) in [6, 6.07) is 6.34. The molecule has 0 atom stereocenters. The number of aromatic nitrogens is 2. The zero-order valence-electron chi connectivity index (χ0n) is 14.9. The topological polar surface area (TPSA) is 46.4 Å². The lowest BCUT2D eigenvalue weighted by Crippen LogP contribution is -2.17. The summed E-state index contributed by atoms with van der Waals surface area (Å²) in [5, 5.41) is 2.58. The minimum Gasteiger partial charge on any atom is -0.321 e. The molecule has 0 unspecified atom stereocenters. The van der Waals surface area contributed by atoms with Crippen LogP contribution >= 0.6 is 11.6 Å². The van der Waals surface area contributed by atoms with Gasteiger partial charge in [0.1, 0.15) is 5.69 Å². The van der Waals surface area contributed by atoms with Crippen molar-refractivity contribution in [2.24, 2.45) is 0 Å². The van der Waals surface area contributed by atoms with E-state index in [-0.39, 0.29) is 16.4 Å². The smallest absolute Gasteiger partial charge is 0.321 e. The molecule has 4 nitrogen and oxygen atoms in total. The van der Waals surface area contributed by atoms with Crippen molar-refractivity contribution >= 4 is 28.8 Å². The molecule has 0 radical (unpaired) electrons. The van der Waals surface area contributed by atoms with Gasteiger partial charge >= 0.3 is 6.18 Å². The Morgan fingerprint density at radius 1 is 1.19 bits per heavy atom. The molecular formula is C19H17ClF3N3O. The summed E-state index contributed by atoms with van der Waals surface area (Å²) in [7, 11) is 0. The number of anilines is 1. The van der Waals surface area contributed by atoms with Crippen molar-refractivity contribution < 1.29 is 18.0 Å². The Morgan fingerprint density at radius 3 is 2.37 bits per heavy atom. The van der Waals surface area contributed by atoms with E-state index in [2.05, 4.69) is 10.3 Å². The highest BCUT2D eigenvalue weighted by Gasteiger charge is 2.33. The van der Waals surface area contributed by atoms with E-state index in [0.29, 0.717) is 17.8 Å². The fourth-order valence-electron chi connectivity index (χ4n) is 3.03. The number of pyridine rings is 1. The summed E-state index contributed by atoms with van der Waals surface area (Å²) in [4.78, 5) is 17.1. The van der Waals surface area contributed by atoms with Crippen LogP contribution in [0.3, 0.4) is 0 Å². The first-order valence-electron chi connectivity index (χ1n) is 8.27. The molecule has 0 fully saturated rings. The highest BCUT2D eigenvalue weighted by Crippen LogP contribution is 2.33. The summed E-state index contributed by atoms with van der Waals surface area (Å²) >= 11 is 6.00. The Kier molecular flexibility index (Phi) is 4.90. The van der Waals surface area contributed by atoms with Crippen LogP contribution in [-0.2, 0) is 12.6 Å². The number of nitrogens with zero attached hydrogens (tertiary/aromatic N) is 2. The van der Waals surface area contributed by atoms with Gasteiger partial charge in [-0.25, -0.2) is 4.98 Å². The lowest BCUT2D eigenvalue weighted by Gasteiger charge is -2.11. The molecule has 0 aliphatic carbocycles. The zero-order chi connectivity index (χ0) is 19.9. The van der Waals surface area contributed by atoms with E-state index >= 15 is 0 Å². The zero-order valence-corrected chi connectivity index (χ0v) is 15.7. The molecule has 1 aromatic carbocycles. The van der Waals surface area contributed by atoms with Gasteiger partial charge < -0.3 is 5.32 Å². The molecule has 0 saturated carbocycles. The quantitative estimate of drug-likeness (QED) is 0.642. The van der Waals surface area contributed by atoms with Crippen LogP contribution in [0.15, 0.2) is 30.5 Å². The minimum absolute atomic E-state index is 0.0414. The molecule has 3 aromatic rings. The molecule has 0 spiro atoms.